The van der Waals surface area contributed by atoms with Gasteiger partial charge in [-0.2, -0.15) is 0 Å². The van der Waals surface area contributed by atoms with Gasteiger partial charge in [0.2, 0.25) is 5.95 Å². The molecule has 0 amide bonds. The number of imidazole rings is 1. The van der Waals surface area contributed by atoms with Crippen LogP contribution < -0.4 is 10.1 Å². The third-order valence-electron chi connectivity index (χ3n) is 6.26. The van der Waals surface area contributed by atoms with Crippen molar-refractivity contribution in [2.45, 2.75) is 32.3 Å². The Morgan fingerprint density at radius 3 is 2.94 bits per heavy atom. The molecule has 0 spiro atoms. The summed E-state index contributed by atoms with van der Waals surface area (Å²) in [6.07, 6.45) is 6.23. The number of H-pyrrole nitrogens is 1. The second-order valence-corrected chi connectivity index (χ2v) is 9.23. The molecule has 3 N–H and O–H groups in total. The molecule has 36 heavy (non-hydrogen) atoms. The maximum atomic E-state index is 9.81. The van der Waals surface area contributed by atoms with Crippen LogP contribution in [0.4, 0.5) is 11.6 Å². The number of aromatic nitrogens is 4. The lowest BCUT2D eigenvalue weighted by Gasteiger charge is -2.29. The fraction of sp³-hybridized carbons (Fsp3) is 0.321. The number of aliphatic hydroxyl groups is 1. The first-order valence-electron chi connectivity index (χ1n) is 12.5. The number of aromatic amines is 1. The summed E-state index contributed by atoms with van der Waals surface area (Å²) >= 11 is 0. The number of aryl methyl sites for hydroxylation is 1. The number of β-amino-alcohol motifs (C(OH)–C–C–N with tert-alkyl or cyclic N) is 1. The van der Waals surface area contributed by atoms with Gasteiger partial charge in [0, 0.05) is 36.6 Å². The van der Waals surface area contributed by atoms with Crippen molar-refractivity contribution in [1.29, 1.82) is 0 Å². The van der Waals surface area contributed by atoms with Crippen LogP contribution in [0.5, 0.6) is 5.75 Å². The number of nitrogens with one attached hydrogen (secondary N) is 2. The Balaban J connectivity index is 1.18. The highest BCUT2D eigenvalue weighted by Crippen LogP contribution is 2.24. The van der Waals surface area contributed by atoms with E-state index >= 15 is 0 Å². The first-order valence-corrected chi connectivity index (χ1v) is 12.5. The van der Waals surface area contributed by atoms with Crippen LogP contribution in [0.15, 0.2) is 67.0 Å². The van der Waals surface area contributed by atoms with Gasteiger partial charge >= 0.3 is 0 Å². The fourth-order valence-electron chi connectivity index (χ4n) is 4.46. The largest absolute Gasteiger partial charge is 0.493 e. The van der Waals surface area contributed by atoms with Gasteiger partial charge in [-0.1, -0.05) is 29.8 Å². The summed E-state index contributed by atoms with van der Waals surface area (Å²) in [5.41, 5.74) is 4.67. The molecule has 0 saturated carbocycles. The molecule has 1 atom stereocenters. The number of ether oxygens (including phenoxy) is 1. The van der Waals surface area contributed by atoms with Gasteiger partial charge in [0.05, 0.1) is 30.3 Å². The van der Waals surface area contributed by atoms with E-state index in [0.717, 1.165) is 73.1 Å². The van der Waals surface area contributed by atoms with E-state index in [1.807, 2.05) is 42.5 Å². The van der Waals surface area contributed by atoms with Crippen LogP contribution >= 0.6 is 0 Å². The Labute approximate surface area is 211 Å². The quantitative estimate of drug-likeness (QED) is 0.293. The summed E-state index contributed by atoms with van der Waals surface area (Å²) < 4.78 is 5.97. The number of rotatable bonds is 9. The Hall–Kier alpha value is -3.75. The third kappa shape index (κ3) is 6.27. The summed E-state index contributed by atoms with van der Waals surface area (Å²) in [4.78, 5) is 19.2. The van der Waals surface area contributed by atoms with E-state index in [0.29, 0.717) is 12.6 Å². The molecule has 4 aromatic rings. The molecule has 2 aromatic carbocycles. The minimum atomic E-state index is -0.188. The summed E-state index contributed by atoms with van der Waals surface area (Å²) in [6.45, 7) is 5.46. The molecule has 1 unspecified atom stereocenters. The molecule has 0 bridgehead atoms. The molecule has 8 nitrogen and oxygen atoms in total. The van der Waals surface area contributed by atoms with Crippen molar-refractivity contribution in [3.8, 4) is 28.5 Å². The van der Waals surface area contributed by atoms with Gasteiger partial charge in [-0.3, -0.25) is 0 Å². The van der Waals surface area contributed by atoms with Crippen LogP contribution in [-0.2, 0) is 0 Å². The molecule has 1 saturated heterocycles. The van der Waals surface area contributed by atoms with Crippen LogP contribution in [0.1, 0.15) is 24.8 Å². The van der Waals surface area contributed by atoms with Crippen LogP contribution in [0.3, 0.4) is 0 Å². The minimum absolute atomic E-state index is 0.188. The number of aliphatic hydroxyl groups excluding tert-OH is 1. The highest BCUT2D eigenvalue weighted by Gasteiger charge is 2.16. The molecule has 5 rings (SSSR count). The average Bonchev–Trinajstić information content (AvgIpc) is 3.38. The van der Waals surface area contributed by atoms with Crippen LogP contribution in [-0.4, -0.2) is 62.3 Å². The van der Waals surface area contributed by atoms with Crippen molar-refractivity contribution >= 4 is 11.6 Å². The number of piperidine rings is 1. The van der Waals surface area contributed by atoms with Crippen molar-refractivity contribution in [2.24, 2.45) is 0 Å². The zero-order valence-corrected chi connectivity index (χ0v) is 20.5. The smallest absolute Gasteiger partial charge is 0.227 e. The molecule has 3 heterocycles. The maximum absolute atomic E-state index is 9.81. The van der Waals surface area contributed by atoms with Crippen LogP contribution in [0.25, 0.3) is 22.8 Å². The molecule has 2 aromatic heterocycles. The number of nitrogens with zero attached hydrogens (tertiary/aromatic N) is 4. The lowest BCUT2D eigenvalue weighted by Crippen LogP contribution is -2.39. The lowest BCUT2D eigenvalue weighted by molar-refractivity contribution is 0.0679. The number of anilines is 2. The van der Waals surface area contributed by atoms with E-state index in [1.54, 1.807) is 12.4 Å². The van der Waals surface area contributed by atoms with E-state index in [9.17, 15) is 5.11 Å². The zero-order chi connectivity index (χ0) is 24.7. The van der Waals surface area contributed by atoms with Crippen molar-refractivity contribution < 1.29 is 9.84 Å². The van der Waals surface area contributed by atoms with E-state index in [1.165, 1.54) is 5.56 Å². The normalized spacial score (nSPS) is 16.1. The van der Waals surface area contributed by atoms with Gasteiger partial charge in [0.15, 0.2) is 0 Å². The maximum Gasteiger partial charge on any atom is 0.227 e. The molecule has 1 aliphatic heterocycles. The van der Waals surface area contributed by atoms with Crippen molar-refractivity contribution in [1.82, 2.24) is 24.8 Å². The molecule has 0 radical (unpaired) electrons. The predicted octanol–water partition coefficient (Wildman–Crippen LogP) is 4.81. The van der Waals surface area contributed by atoms with Crippen molar-refractivity contribution in [3.63, 3.8) is 0 Å². The van der Waals surface area contributed by atoms with E-state index < -0.39 is 0 Å². The van der Waals surface area contributed by atoms with Crippen molar-refractivity contribution in [3.05, 3.63) is 72.6 Å². The Morgan fingerprint density at radius 1 is 1.14 bits per heavy atom. The summed E-state index contributed by atoms with van der Waals surface area (Å²) in [5.74, 6) is 2.11. The van der Waals surface area contributed by atoms with E-state index in [4.69, 9.17) is 4.74 Å². The first-order chi connectivity index (χ1) is 17.6. The Morgan fingerprint density at radius 2 is 2.06 bits per heavy atom. The predicted molar refractivity (Wildman–Crippen MR) is 141 cm³/mol. The van der Waals surface area contributed by atoms with Gasteiger partial charge in [0.1, 0.15) is 11.6 Å². The zero-order valence-electron chi connectivity index (χ0n) is 20.5. The molecular formula is C28H32N6O2. The molecule has 186 valence electrons. The Bertz CT molecular complexity index is 1290. The Kier molecular flexibility index (Phi) is 7.54. The summed E-state index contributed by atoms with van der Waals surface area (Å²) in [7, 11) is 0. The minimum Gasteiger partial charge on any atom is -0.493 e. The third-order valence-corrected chi connectivity index (χ3v) is 6.26. The number of benzene rings is 2. The van der Waals surface area contributed by atoms with E-state index in [2.05, 4.69) is 49.2 Å². The standard InChI is InChI=1S/C28H32N6O2/c1-20-6-2-7-21(16-20)27-30-18-26(32-27)25-11-12-29-28(33-25)31-22-8-3-10-24(17-22)36-15-5-14-34-13-4-9-23(35)19-34/h2-3,6-8,10-12,16-18,23,35H,4-5,9,13-15,19H2,1H3,(H,30,32)(H,29,31,33). The summed E-state index contributed by atoms with van der Waals surface area (Å²) in [5, 5.41) is 13.1. The summed E-state index contributed by atoms with van der Waals surface area (Å²) in [6, 6.07) is 17.9. The molecule has 8 heteroatoms. The highest BCUT2D eigenvalue weighted by molar-refractivity contribution is 5.64. The SMILES string of the molecule is Cc1cccc(-c2ncc(-c3ccnc(Nc4cccc(OCCCN5CCCC(O)C5)c4)n3)[nH]2)c1. The lowest BCUT2D eigenvalue weighted by atomic mass is 10.1. The molecular weight excluding hydrogens is 452 g/mol. The highest BCUT2D eigenvalue weighted by atomic mass is 16.5. The van der Waals surface area contributed by atoms with Gasteiger partial charge in [-0.15, -0.1) is 0 Å². The second kappa shape index (κ2) is 11.3. The molecule has 1 fully saturated rings. The van der Waals surface area contributed by atoms with Crippen LogP contribution in [0.2, 0.25) is 0 Å². The first kappa shape index (κ1) is 24.0. The number of hydrogen-bond acceptors (Lipinski definition) is 7. The average molecular weight is 485 g/mol. The topological polar surface area (TPSA) is 99.2 Å². The van der Waals surface area contributed by atoms with Gasteiger partial charge in [-0.05, 0) is 57.0 Å². The van der Waals surface area contributed by atoms with Crippen molar-refractivity contribution in [2.75, 3.05) is 31.6 Å². The molecule has 1 aliphatic rings. The van der Waals surface area contributed by atoms with E-state index in [-0.39, 0.29) is 6.10 Å². The number of likely N-dealkylation sites (tertiary alicyclic amines) is 1. The fourth-order valence-corrected chi connectivity index (χ4v) is 4.46. The van der Waals surface area contributed by atoms with Gasteiger partial charge in [-0.25, -0.2) is 15.0 Å². The second-order valence-electron chi connectivity index (χ2n) is 9.23. The van der Waals surface area contributed by atoms with Gasteiger partial charge in [0.25, 0.3) is 0 Å². The van der Waals surface area contributed by atoms with Gasteiger partial charge < -0.3 is 25.0 Å². The monoisotopic (exact) mass is 484 g/mol. The number of hydrogen-bond donors (Lipinski definition) is 3. The van der Waals surface area contributed by atoms with Crippen LogP contribution in [0, 0.1) is 6.92 Å². The molecule has 0 aliphatic carbocycles.